The van der Waals surface area contributed by atoms with Crippen LogP contribution < -0.4 is 5.32 Å². The second-order valence-corrected chi connectivity index (χ2v) is 8.56. The number of hydrogen-bond acceptors (Lipinski definition) is 5. The molecule has 0 spiro atoms. The van der Waals surface area contributed by atoms with Crippen LogP contribution in [0.4, 0.5) is 0 Å². The van der Waals surface area contributed by atoms with Crippen molar-refractivity contribution < 1.29 is 4.79 Å². The first-order chi connectivity index (χ1) is 13.5. The number of carbonyl (C=O) groups is 1. The molecule has 2 atom stereocenters. The molecule has 0 aromatic carbocycles. The van der Waals surface area contributed by atoms with Gasteiger partial charge < -0.3 is 20.0 Å². The molecule has 0 aromatic rings. The smallest absolute Gasteiger partial charge is 0.239 e. The molecule has 3 fully saturated rings. The van der Waals surface area contributed by atoms with E-state index >= 15 is 0 Å². The maximum Gasteiger partial charge on any atom is 0.239 e. The summed E-state index contributed by atoms with van der Waals surface area (Å²) >= 11 is 0. The molecule has 1 N–H and O–H groups in total. The summed E-state index contributed by atoms with van der Waals surface area (Å²) in [4.78, 5) is 28.7. The van der Waals surface area contributed by atoms with E-state index in [1.165, 1.54) is 0 Å². The summed E-state index contributed by atoms with van der Waals surface area (Å²) in [6.07, 6.45) is 2.31. The summed E-state index contributed by atoms with van der Waals surface area (Å²) in [5.74, 6) is 1.29. The Morgan fingerprint density at radius 3 is 2.28 bits per heavy atom. The first-order valence-electron chi connectivity index (χ1n) is 10.9. The molecule has 2 unspecified atom stereocenters. The number of aliphatic imine (C=N–C) groups is 1. The van der Waals surface area contributed by atoms with Gasteiger partial charge in [-0.25, -0.2) is 0 Å². The zero-order chi connectivity index (χ0) is 20.1. The maximum absolute atomic E-state index is 12.7. The van der Waals surface area contributed by atoms with Crippen molar-refractivity contribution in [2.45, 2.75) is 31.8 Å². The van der Waals surface area contributed by atoms with Crippen molar-refractivity contribution in [1.82, 2.24) is 29.8 Å². The molecule has 3 saturated heterocycles. The zero-order valence-corrected chi connectivity index (χ0v) is 21.0. The number of carbonyl (C=O) groups excluding carboxylic acids is 1. The predicted molar refractivity (Wildman–Crippen MR) is 129 cm³/mol. The van der Waals surface area contributed by atoms with Gasteiger partial charge in [0.2, 0.25) is 5.91 Å². The van der Waals surface area contributed by atoms with Gasteiger partial charge in [0.05, 0.1) is 6.04 Å². The van der Waals surface area contributed by atoms with E-state index in [9.17, 15) is 4.79 Å². The molecular weight excluding hydrogens is 481 g/mol. The Morgan fingerprint density at radius 2 is 1.66 bits per heavy atom. The van der Waals surface area contributed by atoms with Gasteiger partial charge >= 0.3 is 0 Å². The number of rotatable bonds is 4. The van der Waals surface area contributed by atoms with Crippen LogP contribution in [0.3, 0.4) is 0 Å². The van der Waals surface area contributed by atoms with E-state index in [0.29, 0.717) is 11.9 Å². The number of nitrogens with one attached hydrogen (secondary N) is 1. The summed E-state index contributed by atoms with van der Waals surface area (Å²) in [6, 6.07) is 0.497. The minimum absolute atomic E-state index is 0. The zero-order valence-electron chi connectivity index (χ0n) is 18.6. The largest absolute Gasteiger partial charge is 0.355 e. The summed E-state index contributed by atoms with van der Waals surface area (Å²) in [5.41, 5.74) is 0. The number of likely N-dealkylation sites (N-methyl/N-ethyl adjacent to an activating group) is 2. The summed E-state index contributed by atoms with van der Waals surface area (Å²) in [6.45, 7) is 11.8. The van der Waals surface area contributed by atoms with Crippen molar-refractivity contribution in [3.05, 3.63) is 0 Å². The lowest BCUT2D eigenvalue weighted by Crippen LogP contribution is -2.59. The Morgan fingerprint density at radius 1 is 1.00 bits per heavy atom. The van der Waals surface area contributed by atoms with Gasteiger partial charge in [0.1, 0.15) is 0 Å². The third kappa shape index (κ3) is 6.41. The monoisotopic (exact) mass is 521 g/mol. The second-order valence-electron chi connectivity index (χ2n) is 8.56. The Labute approximate surface area is 193 Å². The molecule has 168 valence electrons. The third-order valence-electron chi connectivity index (χ3n) is 6.62. The van der Waals surface area contributed by atoms with Gasteiger partial charge in [0, 0.05) is 78.5 Å². The first kappa shape index (κ1) is 24.6. The Bertz CT molecular complexity index is 547. The van der Waals surface area contributed by atoms with Crippen molar-refractivity contribution in [3.8, 4) is 0 Å². The van der Waals surface area contributed by atoms with Crippen LogP contribution in [0.15, 0.2) is 4.99 Å². The van der Waals surface area contributed by atoms with Crippen molar-refractivity contribution in [2.24, 2.45) is 4.99 Å². The molecule has 0 radical (unpaired) electrons. The number of piperazine rings is 2. The molecule has 0 aliphatic carbocycles. The van der Waals surface area contributed by atoms with E-state index in [1.807, 2.05) is 11.9 Å². The van der Waals surface area contributed by atoms with Gasteiger partial charge in [-0.15, -0.1) is 24.0 Å². The molecule has 3 aliphatic rings. The fourth-order valence-electron chi connectivity index (χ4n) is 4.54. The number of nitrogens with zero attached hydrogens (tertiary/aromatic N) is 6. The Balaban J connectivity index is 0.00000300. The lowest BCUT2D eigenvalue weighted by Gasteiger charge is -2.41. The second kappa shape index (κ2) is 11.7. The van der Waals surface area contributed by atoms with E-state index in [4.69, 9.17) is 0 Å². The van der Waals surface area contributed by atoms with Gasteiger partial charge in [0.25, 0.3) is 0 Å². The molecular formula is C20H40IN7O. The van der Waals surface area contributed by atoms with E-state index < -0.39 is 0 Å². The molecule has 1 amide bonds. The van der Waals surface area contributed by atoms with Crippen LogP contribution in [0, 0.1) is 0 Å². The van der Waals surface area contributed by atoms with Gasteiger partial charge in [-0.05, 0) is 33.9 Å². The molecule has 8 nitrogen and oxygen atoms in total. The van der Waals surface area contributed by atoms with Crippen LogP contribution in [0.5, 0.6) is 0 Å². The van der Waals surface area contributed by atoms with Crippen molar-refractivity contribution in [2.75, 3.05) is 86.6 Å². The van der Waals surface area contributed by atoms with Crippen molar-refractivity contribution in [1.29, 1.82) is 0 Å². The summed E-state index contributed by atoms with van der Waals surface area (Å²) < 4.78 is 0. The topological polar surface area (TPSA) is 57.7 Å². The lowest BCUT2D eigenvalue weighted by atomic mass is 10.2. The Hall–Kier alpha value is -0.650. The van der Waals surface area contributed by atoms with Gasteiger partial charge in [-0.1, -0.05) is 0 Å². The third-order valence-corrected chi connectivity index (χ3v) is 6.62. The quantitative estimate of drug-likeness (QED) is 0.321. The normalized spacial score (nSPS) is 26.3. The first-order valence-corrected chi connectivity index (χ1v) is 10.9. The summed E-state index contributed by atoms with van der Waals surface area (Å²) in [5, 5.41) is 3.59. The van der Waals surface area contributed by atoms with Crippen LogP contribution in [0.25, 0.3) is 0 Å². The molecule has 0 bridgehead atoms. The van der Waals surface area contributed by atoms with E-state index in [2.05, 4.69) is 50.9 Å². The van der Waals surface area contributed by atoms with Gasteiger partial charge in [-0.3, -0.25) is 19.6 Å². The van der Waals surface area contributed by atoms with E-state index in [-0.39, 0.29) is 30.0 Å². The number of hydrogen-bond donors (Lipinski definition) is 1. The minimum atomic E-state index is -0.0124. The SMILES string of the molecule is CN=C(NCC1CN(C)CCN1C)N1CCN(C(C)C(=O)N2CCCC2)CC1.I. The number of halogens is 1. The highest BCUT2D eigenvalue weighted by molar-refractivity contribution is 14.0. The highest BCUT2D eigenvalue weighted by atomic mass is 127. The molecule has 3 heterocycles. The average Bonchev–Trinajstić information content (AvgIpc) is 3.25. The van der Waals surface area contributed by atoms with E-state index in [0.717, 1.165) is 84.2 Å². The molecule has 3 aliphatic heterocycles. The van der Waals surface area contributed by atoms with Gasteiger partial charge in [0.15, 0.2) is 5.96 Å². The molecule has 9 heteroatoms. The number of likely N-dealkylation sites (tertiary alicyclic amines) is 1. The van der Waals surface area contributed by atoms with Gasteiger partial charge in [-0.2, -0.15) is 0 Å². The number of amides is 1. The summed E-state index contributed by atoms with van der Waals surface area (Å²) in [7, 11) is 6.27. The van der Waals surface area contributed by atoms with Crippen LogP contribution in [0.2, 0.25) is 0 Å². The van der Waals surface area contributed by atoms with E-state index in [1.54, 1.807) is 0 Å². The highest BCUT2D eigenvalue weighted by Crippen LogP contribution is 2.14. The van der Waals surface area contributed by atoms with Crippen LogP contribution in [-0.2, 0) is 4.79 Å². The fraction of sp³-hybridized carbons (Fsp3) is 0.900. The standard InChI is InChI=1S/C20H39N7O.HI/c1-17(19(28)26-7-5-6-8-26)25-11-13-27(14-12-25)20(21-2)22-15-18-16-23(3)9-10-24(18)4;/h17-18H,5-16H2,1-4H3,(H,21,22);1H. The van der Waals surface area contributed by atoms with Crippen LogP contribution >= 0.6 is 24.0 Å². The molecule has 3 rings (SSSR count). The Kier molecular flexibility index (Phi) is 9.90. The highest BCUT2D eigenvalue weighted by Gasteiger charge is 2.31. The lowest BCUT2D eigenvalue weighted by molar-refractivity contribution is -0.135. The number of guanidine groups is 1. The molecule has 0 aromatic heterocycles. The van der Waals surface area contributed by atoms with Crippen LogP contribution in [0.1, 0.15) is 19.8 Å². The van der Waals surface area contributed by atoms with Crippen molar-refractivity contribution >= 4 is 35.8 Å². The molecule has 29 heavy (non-hydrogen) atoms. The minimum Gasteiger partial charge on any atom is -0.355 e. The maximum atomic E-state index is 12.7. The average molecular weight is 521 g/mol. The van der Waals surface area contributed by atoms with Crippen LogP contribution in [-0.4, -0.2) is 135 Å². The predicted octanol–water partition coefficient (Wildman–Crippen LogP) is 0.0541. The molecule has 0 saturated carbocycles. The fourth-order valence-corrected chi connectivity index (χ4v) is 4.54. The van der Waals surface area contributed by atoms with Crippen molar-refractivity contribution in [3.63, 3.8) is 0 Å².